The minimum Gasteiger partial charge on any atom is -0.497 e. The van der Waals surface area contributed by atoms with Gasteiger partial charge < -0.3 is 14.4 Å². The monoisotopic (exact) mass is 289 g/mol. The van der Waals surface area contributed by atoms with Crippen molar-refractivity contribution in [1.82, 2.24) is 4.90 Å². The summed E-state index contributed by atoms with van der Waals surface area (Å²) in [6.45, 7) is 2.42. The molecule has 0 aliphatic carbocycles. The van der Waals surface area contributed by atoms with Crippen molar-refractivity contribution in [3.05, 3.63) is 29.8 Å². The second-order valence-electron chi connectivity index (χ2n) is 5.87. The number of rotatable bonds is 3. The lowest BCUT2D eigenvalue weighted by Crippen LogP contribution is -2.43. The zero-order valence-electron chi connectivity index (χ0n) is 12.6. The van der Waals surface area contributed by atoms with E-state index in [2.05, 4.69) is 12.1 Å². The van der Waals surface area contributed by atoms with Crippen LogP contribution in [0.15, 0.2) is 24.3 Å². The van der Waals surface area contributed by atoms with Crippen LogP contribution in [0.25, 0.3) is 0 Å². The van der Waals surface area contributed by atoms with Crippen molar-refractivity contribution < 1.29 is 14.3 Å². The van der Waals surface area contributed by atoms with Gasteiger partial charge in [0.15, 0.2) is 0 Å². The maximum absolute atomic E-state index is 12.3. The largest absolute Gasteiger partial charge is 0.497 e. The standard InChI is InChI=1S/C17H23NO3/c1-20-15-6-4-13(5-7-15)14-8-10-18(11-9-14)17(19)16-3-2-12-21-16/h4-7,14,16H,2-3,8-12H2,1H3/t16-/m1/s1. The van der Waals surface area contributed by atoms with Crippen molar-refractivity contribution >= 4 is 5.91 Å². The Morgan fingerprint density at radius 3 is 2.48 bits per heavy atom. The van der Waals surface area contributed by atoms with Gasteiger partial charge in [-0.2, -0.15) is 0 Å². The zero-order chi connectivity index (χ0) is 14.7. The van der Waals surface area contributed by atoms with Gasteiger partial charge in [-0.05, 0) is 49.3 Å². The van der Waals surface area contributed by atoms with E-state index in [1.165, 1.54) is 5.56 Å². The molecule has 3 rings (SSSR count). The van der Waals surface area contributed by atoms with E-state index in [1.54, 1.807) is 7.11 Å². The lowest BCUT2D eigenvalue weighted by Gasteiger charge is -2.33. The van der Waals surface area contributed by atoms with Crippen molar-refractivity contribution in [2.24, 2.45) is 0 Å². The van der Waals surface area contributed by atoms with E-state index in [-0.39, 0.29) is 12.0 Å². The zero-order valence-corrected chi connectivity index (χ0v) is 12.6. The van der Waals surface area contributed by atoms with Gasteiger partial charge in [-0.15, -0.1) is 0 Å². The van der Waals surface area contributed by atoms with Gasteiger partial charge in [0.2, 0.25) is 0 Å². The van der Waals surface area contributed by atoms with E-state index in [0.717, 1.165) is 51.1 Å². The van der Waals surface area contributed by atoms with Crippen molar-refractivity contribution in [2.45, 2.75) is 37.7 Å². The van der Waals surface area contributed by atoms with E-state index < -0.39 is 0 Å². The van der Waals surface area contributed by atoms with Crippen LogP contribution in [0.5, 0.6) is 5.75 Å². The number of hydrogen-bond acceptors (Lipinski definition) is 3. The molecule has 21 heavy (non-hydrogen) atoms. The first-order valence-corrected chi connectivity index (χ1v) is 7.82. The van der Waals surface area contributed by atoms with Crippen LogP contribution < -0.4 is 4.74 Å². The Kier molecular flexibility index (Phi) is 4.44. The molecule has 0 saturated carbocycles. The topological polar surface area (TPSA) is 38.8 Å². The summed E-state index contributed by atoms with van der Waals surface area (Å²) in [5.41, 5.74) is 1.35. The molecule has 0 radical (unpaired) electrons. The Morgan fingerprint density at radius 2 is 1.90 bits per heavy atom. The molecule has 2 saturated heterocycles. The quantitative estimate of drug-likeness (QED) is 0.858. The normalized spacial score (nSPS) is 23.3. The van der Waals surface area contributed by atoms with E-state index in [0.29, 0.717) is 5.92 Å². The number of ether oxygens (including phenoxy) is 2. The van der Waals surface area contributed by atoms with Crippen LogP contribution in [0.2, 0.25) is 0 Å². The van der Waals surface area contributed by atoms with Crippen LogP contribution in [0.3, 0.4) is 0 Å². The second kappa shape index (κ2) is 6.48. The van der Waals surface area contributed by atoms with E-state index >= 15 is 0 Å². The number of hydrogen-bond donors (Lipinski definition) is 0. The molecule has 2 fully saturated rings. The molecule has 2 heterocycles. The van der Waals surface area contributed by atoms with Gasteiger partial charge in [0.25, 0.3) is 5.91 Å². The molecular weight excluding hydrogens is 266 g/mol. The molecule has 2 aliphatic heterocycles. The fourth-order valence-corrected chi connectivity index (χ4v) is 3.29. The first-order valence-electron chi connectivity index (χ1n) is 7.82. The van der Waals surface area contributed by atoms with E-state index in [1.807, 2.05) is 17.0 Å². The lowest BCUT2D eigenvalue weighted by atomic mass is 9.89. The molecule has 4 nitrogen and oxygen atoms in total. The summed E-state index contributed by atoms with van der Waals surface area (Å²) in [6, 6.07) is 8.31. The molecule has 0 spiro atoms. The minimum absolute atomic E-state index is 0.178. The minimum atomic E-state index is -0.178. The average Bonchev–Trinajstić information content (AvgIpc) is 3.09. The van der Waals surface area contributed by atoms with Gasteiger partial charge in [-0.25, -0.2) is 0 Å². The summed E-state index contributed by atoms with van der Waals surface area (Å²) in [6.07, 6.45) is 3.79. The molecule has 0 bridgehead atoms. The maximum atomic E-state index is 12.3. The first kappa shape index (κ1) is 14.4. The highest BCUT2D eigenvalue weighted by molar-refractivity contribution is 5.81. The fourth-order valence-electron chi connectivity index (χ4n) is 3.29. The molecule has 4 heteroatoms. The van der Waals surface area contributed by atoms with Gasteiger partial charge in [0.05, 0.1) is 7.11 Å². The van der Waals surface area contributed by atoms with Gasteiger partial charge >= 0.3 is 0 Å². The Balaban J connectivity index is 1.55. The maximum Gasteiger partial charge on any atom is 0.251 e. The third-order valence-electron chi connectivity index (χ3n) is 4.60. The van der Waals surface area contributed by atoms with E-state index in [9.17, 15) is 4.79 Å². The van der Waals surface area contributed by atoms with E-state index in [4.69, 9.17) is 9.47 Å². The van der Waals surface area contributed by atoms with Crippen LogP contribution in [-0.2, 0) is 9.53 Å². The highest BCUT2D eigenvalue weighted by atomic mass is 16.5. The molecule has 0 N–H and O–H groups in total. The highest BCUT2D eigenvalue weighted by Crippen LogP contribution is 2.30. The van der Waals surface area contributed by atoms with Crippen LogP contribution >= 0.6 is 0 Å². The number of nitrogens with zero attached hydrogens (tertiary/aromatic N) is 1. The molecule has 0 aromatic heterocycles. The van der Waals surface area contributed by atoms with Gasteiger partial charge in [-0.1, -0.05) is 12.1 Å². The Bertz CT molecular complexity index is 471. The van der Waals surface area contributed by atoms with Crippen LogP contribution in [-0.4, -0.2) is 43.7 Å². The number of amides is 1. The number of piperidine rings is 1. The van der Waals surface area contributed by atoms with Crippen molar-refractivity contribution in [1.29, 1.82) is 0 Å². The summed E-state index contributed by atoms with van der Waals surface area (Å²) in [4.78, 5) is 14.3. The van der Waals surface area contributed by atoms with Gasteiger partial charge in [0.1, 0.15) is 11.9 Å². The predicted molar refractivity (Wildman–Crippen MR) is 80.5 cm³/mol. The summed E-state index contributed by atoms with van der Waals surface area (Å²) in [5.74, 6) is 1.63. The number of likely N-dealkylation sites (tertiary alicyclic amines) is 1. The number of carbonyl (C=O) groups excluding carboxylic acids is 1. The molecule has 1 aromatic carbocycles. The Hall–Kier alpha value is -1.55. The van der Waals surface area contributed by atoms with Crippen LogP contribution in [0.4, 0.5) is 0 Å². The van der Waals surface area contributed by atoms with Crippen molar-refractivity contribution in [3.63, 3.8) is 0 Å². The summed E-state index contributed by atoms with van der Waals surface area (Å²) < 4.78 is 10.7. The molecule has 1 amide bonds. The Morgan fingerprint density at radius 1 is 1.19 bits per heavy atom. The number of benzene rings is 1. The third kappa shape index (κ3) is 3.21. The van der Waals surface area contributed by atoms with Gasteiger partial charge in [-0.3, -0.25) is 4.79 Å². The second-order valence-corrected chi connectivity index (χ2v) is 5.87. The summed E-state index contributed by atoms with van der Waals surface area (Å²) in [5, 5.41) is 0. The molecule has 1 atom stereocenters. The highest BCUT2D eigenvalue weighted by Gasteiger charge is 2.31. The number of carbonyl (C=O) groups is 1. The van der Waals surface area contributed by atoms with Crippen molar-refractivity contribution in [3.8, 4) is 5.75 Å². The fraction of sp³-hybridized carbons (Fsp3) is 0.588. The molecule has 2 aliphatic rings. The summed E-state index contributed by atoms with van der Waals surface area (Å²) in [7, 11) is 1.68. The SMILES string of the molecule is COc1ccc(C2CCN(C(=O)[C@H]3CCCO3)CC2)cc1. The third-order valence-corrected chi connectivity index (χ3v) is 4.60. The van der Waals surface area contributed by atoms with Crippen molar-refractivity contribution in [2.75, 3.05) is 26.8 Å². The van der Waals surface area contributed by atoms with Crippen LogP contribution in [0, 0.1) is 0 Å². The van der Waals surface area contributed by atoms with Crippen LogP contribution in [0.1, 0.15) is 37.2 Å². The smallest absolute Gasteiger partial charge is 0.251 e. The molecule has 0 unspecified atom stereocenters. The first-order chi connectivity index (χ1) is 10.3. The average molecular weight is 289 g/mol. The summed E-state index contributed by atoms with van der Waals surface area (Å²) >= 11 is 0. The molecular formula is C17H23NO3. The number of methoxy groups -OCH3 is 1. The lowest BCUT2D eigenvalue weighted by molar-refractivity contribution is -0.142. The Labute approximate surface area is 126 Å². The molecule has 114 valence electrons. The molecule has 1 aromatic rings. The van der Waals surface area contributed by atoms with Gasteiger partial charge in [0, 0.05) is 19.7 Å². The predicted octanol–water partition coefficient (Wildman–Crippen LogP) is 2.58.